The molecule has 1 saturated carbocycles. The molecule has 0 saturated heterocycles. The maximum Gasteiger partial charge on any atom is 0.161 e. The van der Waals surface area contributed by atoms with Crippen molar-refractivity contribution in [3.05, 3.63) is 42.5 Å². The minimum atomic E-state index is -0.0677. The molecule has 0 amide bonds. The summed E-state index contributed by atoms with van der Waals surface area (Å²) < 4.78 is 2.15. The van der Waals surface area contributed by atoms with E-state index in [2.05, 4.69) is 14.9 Å². The second kappa shape index (κ2) is 5.54. The van der Waals surface area contributed by atoms with E-state index in [9.17, 15) is 10.2 Å². The first-order valence-corrected chi connectivity index (χ1v) is 6.96. The van der Waals surface area contributed by atoms with Gasteiger partial charge in [-0.05, 0) is 25.3 Å². The normalized spacial score (nSPS) is 22.2. The largest absolute Gasteiger partial charge is 0.504 e. The lowest BCUT2D eigenvalue weighted by atomic mass is 10.1. The van der Waals surface area contributed by atoms with Gasteiger partial charge in [-0.25, -0.2) is 4.98 Å². The van der Waals surface area contributed by atoms with Gasteiger partial charge in [0.2, 0.25) is 0 Å². The highest BCUT2D eigenvalue weighted by molar-refractivity contribution is 5.44. The van der Waals surface area contributed by atoms with E-state index in [4.69, 9.17) is 0 Å². The van der Waals surface area contributed by atoms with E-state index >= 15 is 0 Å². The number of aromatic hydroxyl groups is 2. The minimum Gasteiger partial charge on any atom is -0.504 e. The standard InChI is InChI=1S/C15H19N3O2/c19-14-6-1-3-11(15(14)20)9-17-12-4-2-5-13(12)18-8-7-16-10-18/h1,3,6-8,10,12-13,17,19-20H,2,4-5,9H2. The predicted octanol–water partition coefficient (Wildman–Crippen LogP) is 2.18. The summed E-state index contributed by atoms with van der Waals surface area (Å²) in [6.07, 6.45) is 9.10. The van der Waals surface area contributed by atoms with Crippen molar-refractivity contribution in [2.75, 3.05) is 0 Å². The number of phenolic OH excluding ortho intramolecular Hbond substituents is 2. The van der Waals surface area contributed by atoms with Crippen LogP contribution in [0.1, 0.15) is 30.9 Å². The van der Waals surface area contributed by atoms with Gasteiger partial charge in [0.05, 0.1) is 6.33 Å². The Bertz CT molecular complexity index is 569. The fourth-order valence-corrected chi connectivity index (χ4v) is 2.96. The number of aromatic nitrogens is 2. The second-order valence-electron chi connectivity index (χ2n) is 5.28. The number of rotatable bonds is 4. The zero-order valence-electron chi connectivity index (χ0n) is 11.2. The van der Waals surface area contributed by atoms with Crippen molar-refractivity contribution in [2.45, 2.75) is 37.9 Å². The van der Waals surface area contributed by atoms with Gasteiger partial charge >= 0.3 is 0 Å². The molecule has 3 N–H and O–H groups in total. The van der Waals surface area contributed by atoms with E-state index in [1.54, 1.807) is 12.3 Å². The third kappa shape index (κ3) is 2.49. The minimum absolute atomic E-state index is 0.0304. The van der Waals surface area contributed by atoms with Crippen molar-refractivity contribution < 1.29 is 10.2 Å². The Kier molecular flexibility index (Phi) is 3.60. The summed E-state index contributed by atoms with van der Waals surface area (Å²) in [7, 11) is 0. The molecule has 2 aromatic rings. The zero-order valence-corrected chi connectivity index (χ0v) is 11.2. The molecule has 2 atom stereocenters. The average molecular weight is 273 g/mol. The first-order chi connectivity index (χ1) is 9.75. The molecule has 1 fully saturated rings. The first-order valence-electron chi connectivity index (χ1n) is 6.96. The van der Waals surface area contributed by atoms with Crippen molar-refractivity contribution in [1.82, 2.24) is 14.9 Å². The van der Waals surface area contributed by atoms with Crippen LogP contribution < -0.4 is 5.32 Å². The molecule has 1 aromatic heterocycles. The maximum atomic E-state index is 9.82. The highest BCUT2D eigenvalue weighted by atomic mass is 16.3. The Morgan fingerprint density at radius 2 is 2.20 bits per heavy atom. The summed E-state index contributed by atoms with van der Waals surface area (Å²) in [5.74, 6) is -0.0981. The van der Waals surface area contributed by atoms with Crippen molar-refractivity contribution in [2.24, 2.45) is 0 Å². The molecular formula is C15H19N3O2. The lowest BCUT2D eigenvalue weighted by Crippen LogP contribution is -2.33. The van der Waals surface area contributed by atoms with Gasteiger partial charge in [-0.1, -0.05) is 12.1 Å². The molecule has 2 unspecified atom stereocenters. The van der Waals surface area contributed by atoms with E-state index < -0.39 is 0 Å². The Morgan fingerprint density at radius 3 is 3.00 bits per heavy atom. The number of hydrogen-bond donors (Lipinski definition) is 3. The molecule has 0 bridgehead atoms. The molecular weight excluding hydrogens is 254 g/mol. The molecule has 5 heteroatoms. The molecule has 3 rings (SSSR count). The van der Waals surface area contributed by atoms with Crippen LogP contribution in [0, 0.1) is 0 Å². The van der Waals surface area contributed by atoms with Crippen LogP contribution in [-0.2, 0) is 6.54 Å². The van der Waals surface area contributed by atoms with Crippen LogP contribution in [0.4, 0.5) is 0 Å². The molecule has 1 aromatic carbocycles. The number of hydrogen-bond acceptors (Lipinski definition) is 4. The molecule has 0 spiro atoms. The third-order valence-electron chi connectivity index (χ3n) is 4.04. The number of imidazole rings is 1. The molecule has 0 aliphatic heterocycles. The highest BCUT2D eigenvalue weighted by Crippen LogP contribution is 2.32. The van der Waals surface area contributed by atoms with E-state index in [0.717, 1.165) is 18.4 Å². The molecule has 1 aliphatic rings. The van der Waals surface area contributed by atoms with E-state index in [-0.39, 0.29) is 11.5 Å². The fraction of sp³-hybridized carbons (Fsp3) is 0.400. The Hall–Kier alpha value is -2.01. The van der Waals surface area contributed by atoms with Crippen LogP contribution in [0.3, 0.4) is 0 Å². The molecule has 106 valence electrons. The third-order valence-corrected chi connectivity index (χ3v) is 4.04. The van der Waals surface area contributed by atoms with Crippen molar-refractivity contribution in [3.8, 4) is 11.5 Å². The smallest absolute Gasteiger partial charge is 0.161 e. The quantitative estimate of drug-likeness (QED) is 0.747. The lowest BCUT2D eigenvalue weighted by Gasteiger charge is -2.22. The monoisotopic (exact) mass is 273 g/mol. The van der Waals surface area contributed by atoms with Crippen LogP contribution in [0.5, 0.6) is 11.5 Å². The van der Waals surface area contributed by atoms with E-state index in [0.29, 0.717) is 18.6 Å². The number of phenols is 2. The lowest BCUT2D eigenvalue weighted by molar-refractivity contribution is 0.376. The summed E-state index contributed by atoms with van der Waals surface area (Å²) in [6.45, 7) is 0.552. The SMILES string of the molecule is Oc1cccc(CNC2CCCC2n2ccnc2)c1O. The van der Waals surface area contributed by atoms with Crippen molar-refractivity contribution >= 4 is 0 Å². The van der Waals surface area contributed by atoms with Gasteiger partial charge in [0, 0.05) is 36.6 Å². The van der Waals surface area contributed by atoms with E-state index in [1.807, 2.05) is 18.6 Å². The summed E-state index contributed by atoms with van der Waals surface area (Å²) in [5, 5.41) is 22.8. The zero-order chi connectivity index (χ0) is 13.9. The topological polar surface area (TPSA) is 70.3 Å². The molecule has 1 heterocycles. The van der Waals surface area contributed by atoms with Crippen LogP contribution in [0.2, 0.25) is 0 Å². The van der Waals surface area contributed by atoms with Crippen LogP contribution in [0.15, 0.2) is 36.9 Å². The van der Waals surface area contributed by atoms with Gasteiger partial charge < -0.3 is 20.1 Å². The molecule has 5 nitrogen and oxygen atoms in total. The Balaban J connectivity index is 1.67. The van der Waals surface area contributed by atoms with Gasteiger partial charge in [-0.3, -0.25) is 0 Å². The number of para-hydroxylation sites is 1. The predicted molar refractivity (Wildman–Crippen MR) is 75.5 cm³/mol. The number of nitrogens with zero attached hydrogens (tertiary/aromatic N) is 2. The van der Waals surface area contributed by atoms with Crippen molar-refractivity contribution in [3.63, 3.8) is 0 Å². The highest BCUT2D eigenvalue weighted by Gasteiger charge is 2.28. The maximum absolute atomic E-state index is 9.82. The number of benzene rings is 1. The van der Waals surface area contributed by atoms with Gasteiger partial charge in [0.1, 0.15) is 0 Å². The molecule has 1 aliphatic carbocycles. The van der Waals surface area contributed by atoms with Gasteiger partial charge in [0.15, 0.2) is 11.5 Å². The number of nitrogens with one attached hydrogen (secondary N) is 1. The van der Waals surface area contributed by atoms with E-state index in [1.165, 1.54) is 12.5 Å². The Morgan fingerprint density at radius 1 is 1.30 bits per heavy atom. The van der Waals surface area contributed by atoms with Gasteiger partial charge in [0.25, 0.3) is 0 Å². The molecule has 0 radical (unpaired) electrons. The summed E-state index contributed by atoms with van der Waals surface area (Å²) >= 11 is 0. The summed E-state index contributed by atoms with van der Waals surface area (Å²) in [5.41, 5.74) is 0.723. The summed E-state index contributed by atoms with van der Waals surface area (Å²) in [4.78, 5) is 4.11. The fourth-order valence-electron chi connectivity index (χ4n) is 2.96. The van der Waals surface area contributed by atoms with Gasteiger partial charge in [-0.2, -0.15) is 0 Å². The van der Waals surface area contributed by atoms with Crippen molar-refractivity contribution in [1.29, 1.82) is 0 Å². The van der Waals surface area contributed by atoms with Crippen LogP contribution in [0.25, 0.3) is 0 Å². The Labute approximate surface area is 117 Å². The second-order valence-corrected chi connectivity index (χ2v) is 5.28. The summed E-state index contributed by atoms with van der Waals surface area (Å²) in [6, 6.07) is 5.84. The average Bonchev–Trinajstić information content (AvgIpc) is 3.10. The first kappa shape index (κ1) is 13.0. The van der Waals surface area contributed by atoms with Crippen LogP contribution in [-0.4, -0.2) is 25.8 Å². The van der Waals surface area contributed by atoms with Crippen LogP contribution >= 0.6 is 0 Å². The molecule has 20 heavy (non-hydrogen) atoms. The van der Waals surface area contributed by atoms with Gasteiger partial charge in [-0.15, -0.1) is 0 Å².